The number of piperidine rings is 1. The smallest absolute Gasteiger partial charge is 0.224 e. The van der Waals surface area contributed by atoms with E-state index in [1.807, 2.05) is 36.5 Å². The molecule has 0 spiro atoms. The molecule has 1 amide bonds. The number of hydrogen-bond donors (Lipinski definition) is 3. The van der Waals surface area contributed by atoms with Gasteiger partial charge in [-0.05, 0) is 23.8 Å². The van der Waals surface area contributed by atoms with E-state index in [1.54, 1.807) is 4.90 Å². The molecule has 0 radical (unpaired) electrons. The van der Waals surface area contributed by atoms with E-state index in [9.17, 15) is 4.79 Å². The van der Waals surface area contributed by atoms with E-state index in [0.717, 1.165) is 54.0 Å². The van der Waals surface area contributed by atoms with Crippen molar-refractivity contribution in [2.75, 3.05) is 13.1 Å². The van der Waals surface area contributed by atoms with Gasteiger partial charge in [0.25, 0.3) is 0 Å². The number of likely N-dealkylation sites (tertiary alicyclic amines) is 1. The number of nitrogens with one attached hydrogen (secondary N) is 3. The number of H-pyrrole nitrogens is 1. The molecule has 140 valence electrons. The Morgan fingerprint density at radius 1 is 1.11 bits per heavy atom. The highest BCUT2D eigenvalue weighted by Gasteiger charge is 2.23. The molecule has 0 unspecified atom stereocenters. The summed E-state index contributed by atoms with van der Waals surface area (Å²) in [7, 11) is 0. The number of quaternary nitrogens is 1. The number of para-hydroxylation sites is 1. The van der Waals surface area contributed by atoms with Crippen molar-refractivity contribution < 1.29 is 9.69 Å². The Kier molecular flexibility index (Phi) is 5.46. The number of aromatic nitrogens is 1. The standard InChI is InChI=1S/C22H24ClN3O/c23-18-7-5-16(6-8-18)15-26-11-9-19(10-12-26)25-22(27)13-17-14-24-21-4-2-1-3-20(17)21/h1-8,14,19,24H,9-13,15H2,(H,25,27)/p+1. The fourth-order valence-electron chi connectivity index (χ4n) is 3.97. The number of aromatic amines is 1. The third-order valence-corrected chi connectivity index (χ3v) is 5.70. The second kappa shape index (κ2) is 8.15. The van der Waals surface area contributed by atoms with Crippen molar-refractivity contribution in [2.45, 2.75) is 31.8 Å². The van der Waals surface area contributed by atoms with Gasteiger partial charge in [0.2, 0.25) is 5.91 Å². The third kappa shape index (κ3) is 4.52. The van der Waals surface area contributed by atoms with Crippen LogP contribution in [0.2, 0.25) is 5.02 Å². The van der Waals surface area contributed by atoms with Crippen LogP contribution in [-0.4, -0.2) is 30.0 Å². The molecule has 1 aromatic heterocycles. The van der Waals surface area contributed by atoms with Crippen molar-refractivity contribution in [2.24, 2.45) is 0 Å². The van der Waals surface area contributed by atoms with Crippen molar-refractivity contribution >= 4 is 28.4 Å². The number of carbonyl (C=O) groups excluding carboxylic acids is 1. The molecule has 1 aliphatic rings. The Morgan fingerprint density at radius 3 is 2.63 bits per heavy atom. The first-order valence-corrected chi connectivity index (χ1v) is 9.97. The van der Waals surface area contributed by atoms with Crippen LogP contribution in [0.1, 0.15) is 24.0 Å². The van der Waals surface area contributed by atoms with Gasteiger partial charge >= 0.3 is 0 Å². The summed E-state index contributed by atoms with van der Waals surface area (Å²) in [6, 6.07) is 16.5. The fraction of sp³-hybridized carbons (Fsp3) is 0.318. The molecule has 1 fully saturated rings. The van der Waals surface area contributed by atoms with Gasteiger partial charge in [-0.15, -0.1) is 0 Å². The van der Waals surface area contributed by atoms with Crippen molar-refractivity contribution in [1.29, 1.82) is 0 Å². The zero-order valence-corrected chi connectivity index (χ0v) is 16.1. The van der Waals surface area contributed by atoms with E-state index in [4.69, 9.17) is 11.6 Å². The minimum absolute atomic E-state index is 0.117. The molecule has 4 nitrogen and oxygen atoms in total. The molecular weight excluding hydrogens is 358 g/mol. The van der Waals surface area contributed by atoms with Gasteiger partial charge in [0, 0.05) is 46.6 Å². The van der Waals surface area contributed by atoms with Crippen LogP contribution in [0.4, 0.5) is 0 Å². The number of benzene rings is 2. The summed E-state index contributed by atoms with van der Waals surface area (Å²) in [4.78, 5) is 17.3. The highest BCUT2D eigenvalue weighted by atomic mass is 35.5. The van der Waals surface area contributed by atoms with E-state index in [-0.39, 0.29) is 11.9 Å². The highest BCUT2D eigenvalue weighted by molar-refractivity contribution is 6.30. The molecular formula is C22H25ClN3O+. The monoisotopic (exact) mass is 382 g/mol. The molecule has 3 N–H and O–H groups in total. The predicted octanol–water partition coefficient (Wildman–Crippen LogP) is 2.73. The maximum Gasteiger partial charge on any atom is 0.224 e. The second-order valence-corrected chi connectivity index (χ2v) is 7.87. The van der Waals surface area contributed by atoms with E-state index in [1.165, 1.54) is 5.56 Å². The number of carbonyl (C=O) groups is 1. The number of amides is 1. The van der Waals surface area contributed by atoms with Crippen LogP contribution in [-0.2, 0) is 17.8 Å². The van der Waals surface area contributed by atoms with E-state index in [2.05, 4.69) is 28.5 Å². The molecule has 0 bridgehead atoms. The number of fused-ring (bicyclic) bond motifs is 1. The summed E-state index contributed by atoms with van der Waals surface area (Å²) >= 11 is 5.96. The highest BCUT2D eigenvalue weighted by Crippen LogP contribution is 2.18. The summed E-state index contributed by atoms with van der Waals surface area (Å²) in [6.07, 6.45) is 4.44. The fourth-order valence-corrected chi connectivity index (χ4v) is 4.09. The molecule has 0 aliphatic carbocycles. The molecule has 0 atom stereocenters. The minimum atomic E-state index is 0.117. The molecule has 2 aromatic carbocycles. The minimum Gasteiger partial charge on any atom is -0.361 e. The van der Waals surface area contributed by atoms with Crippen LogP contribution in [0.3, 0.4) is 0 Å². The summed E-state index contributed by atoms with van der Waals surface area (Å²) in [5.74, 6) is 0.117. The Balaban J connectivity index is 1.26. The quantitative estimate of drug-likeness (QED) is 0.624. The predicted molar refractivity (Wildman–Crippen MR) is 109 cm³/mol. The van der Waals surface area contributed by atoms with Crippen molar-refractivity contribution in [1.82, 2.24) is 10.3 Å². The Hall–Kier alpha value is -2.30. The summed E-state index contributed by atoms with van der Waals surface area (Å²) in [6.45, 7) is 3.19. The van der Waals surface area contributed by atoms with Gasteiger partial charge < -0.3 is 15.2 Å². The summed E-state index contributed by atoms with van der Waals surface area (Å²) in [5.41, 5.74) is 3.46. The molecule has 1 aliphatic heterocycles. The topological polar surface area (TPSA) is 49.3 Å². The zero-order valence-electron chi connectivity index (χ0n) is 15.3. The van der Waals surface area contributed by atoms with Crippen LogP contribution in [0, 0.1) is 0 Å². The Labute approximate surface area is 164 Å². The third-order valence-electron chi connectivity index (χ3n) is 5.45. The van der Waals surface area contributed by atoms with Crippen LogP contribution in [0.25, 0.3) is 10.9 Å². The van der Waals surface area contributed by atoms with Gasteiger partial charge in [-0.25, -0.2) is 0 Å². The van der Waals surface area contributed by atoms with Crippen molar-refractivity contribution in [3.63, 3.8) is 0 Å². The molecule has 2 heterocycles. The lowest BCUT2D eigenvalue weighted by atomic mass is 10.0. The van der Waals surface area contributed by atoms with Gasteiger partial charge in [0.05, 0.1) is 19.5 Å². The maximum absolute atomic E-state index is 12.5. The van der Waals surface area contributed by atoms with E-state index in [0.29, 0.717) is 6.42 Å². The van der Waals surface area contributed by atoms with Gasteiger partial charge in [-0.3, -0.25) is 4.79 Å². The maximum atomic E-state index is 12.5. The van der Waals surface area contributed by atoms with Crippen LogP contribution < -0.4 is 10.2 Å². The van der Waals surface area contributed by atoms with Gasteiger partial charge in [0.1, 0.15) is 6.54 Å². The van der Waals surface area contributed by atoms with Crippen molar-refractivity contribution in [3.8, 4) is 0 Å². The van der Waals surface area contributed by atoms with E-state index < -0.39 is 0 Å². The second-order valence-electron chi connectivity index (χ2n) is 7.43. The number of hydrogen-bond acceptors (Lipinski definition) is 1. The molecule has 27 heavy (non-hydrogen) atoms. The normalized spacial score (nSPS) is 19.9. The number of rotatable bonds is 5. The van der Waals surface area contributed by atoms with Crippen LogP contribution >= 0.6 is 11.6 Å². The lowest BCUT2D eigenvalue weighted by Crippen LogP contribution is -3.12. The number of halogens is 1. The van der Waals surface area contributed by atoms with Crippen LogP contribution in [0.15, 0.2) is 54.7 Å². The zero-order chi connectivity index (χ0) is 18.6. The first-order chi connectivity index (χ1) is 13.2. The largest absolute Gasteiger partial charge is 0.361 e. The lowest BCUT2D eigenvalue weighted by molar-refractivity contribution is -0.918. The van der Waals surface area contributed by atoms with Gasteiger partial charge in [0.15, 0.2) is 0 Å². The Bertz CT molecular complexity index is 911. The van der Waals surface area contributed by atoms with Crippen molar-refractivity contribution in [3.05, 3.63) is 70.9 Å². The molecule has 0 saturated carbocycles. The molecule has 1 saturated heterocycles. The Morgan fingerprint density at radius 2 is 1.85 bits per heavy atom. The SMILES string of the molecule is O=C(Cc1c[nH]c2ccccc12)NC1CC[NH+](Cc2ccc(Cl)cc2)CC1. The van der Waals surface area contributed by atoms with Gasteiger partial charge in [-0.1, -0.05) is 41.9 Å². The molecule has 5 heteroatoms. The summed E-state index contributed by atoms with van der Waals surface area (Å²) < 4.78 is 0. The summed E-state index contributed by atoms with van der Waals surface area (Å²) in [5, 5.41) is 5.15. The average molecular weight is 383 g/mol. The average Bonchev–Trinajstić information content (AvgIpc) is 3.08. The lowest BCUT2D eigenvalue weighted by Gasteiger charge is -2.29. The molecule has 3 aromatic rings. The first kappa shape index (κ1) is 18.1. The van der Waals surface area contributed by atoms with Crippen LogP contribution in [0.5, 0.6) is 0 Å². The van der Waals surface area contributed by atoms with E-state index >= 15 is 0 Å². The first-order valence-electron chi connectivity index (χ1n) is 9.60. The molecule has 4 rings (SSSR count). The van der Waals surface area contributed by atoms with Gasteiger partial charge in [-0.2, -0.15) is 0 Å².